The van der Waals surface area contributed by atoms with Crippen molar-refractivity contribution in [3.63, 3.8) is 0 Å². The van der Waals surface area contributed by atoms with Gasteiger partial charge in [0.05, 0.1) is 24.2 Å². The van der Waals surface area contributed by atoms with Gasteiger partial charge in [-0.05, 0) is 19.1 Å². The number of hydrogen-bond acceptors (Lipinski definition) is 4. The Morgan fingerprint density at radius 3 is 2.78 bits per heavy atom. The van der Waals surface area contributed by atoms with Gasteiger partial charge in [0.1, 0.15) is 0 Å². The summed E-state index contributed by atoms with van der Waals surface area (Å²) in [6.07, 6.45) is 1.93. The quantitative estimate of drug-likeness (QED) is 0.781. The van der Waals surface area contributed by atoms with Crippen LogP contribution in [0.2, 0.25) is 0 Å². The molecule has 96 valence electrons. The molecule has 0 fully saturated rings. The molecule has 2 rings (SSSR count). The lowest BCUT2D eigenvalue weighted by molar-refractivity contribution is 0.199. The van der Waals surface area contributed by atoms with E-state index in [0.717, 1.165) is 17.9 Å². The van der Waals surface area contributed by atoms with E-state index in [1.54, 1.807) is 11.8 Å². The normalized spacial score (nSPS) is 10.8. The molecule has 5 heteroatoms. The van der Waals surface area contributed by atoms with Crippen molar-refractivity contribution in [2.45, 2.75) is 13.5 Å². The van der Waals surface area contributed by atoms with Crippen molar-refractivity contribution >= 4 is 0 Å². The van der Waals surface area contributed by atoms with Crippen LogP contribution in [0.15, 0.2) is 30.5 Å². The van der Waals surface area contributed by atoms with Gasteiger partial charge in [-0.25, -0.2) is 4.68 Å². The van der Waals surface area contributed by atoms with Crippen molar-refractivity contribution in [2.24, 2.45) is 0 Å². The Morgan fingerprint density at radius 1 is 1.28 bits per heavy atom. The van der Waals surface area contributed by atoms with E-state index in [0.29, 0.717) is 13.2 Å². The molecule has 1 heterocycles. The van der Waals surface area contributed by atoms with E-state index >= 15 is 0 Å². The molecule has 0 unspecified atom stereocenters. The number of benzene rings is 1. The summed E-state index contributed by atoms with van der Waals surface area (Å²) in [5.41, 5.74) is 3.18. The van der Waals surface area contributed by atoms with Crippen molar-refractivity contribution in [1.82, 2.24) is 20.3 Å². The Hall–Kier alpha value is -1.72. The van der Waals surface area contributed by atoms with Gasteiger partial charge in [0.25, 0.3) is 0 Å². The molecule has 0 aliphatic rings. The first kappa shape index (κ1) is 12.7. The number of methoxy groups -OCH3 is 1. The van der Waals surface area contributed by atoms with Gasteiger partial charge in [0, 0.05) is 20.2 Å². The van der Waals surface area contributed by atoms with Crippen LogP contribution < -0.4 is 5.32 Å². The van der Waals surface area contributed by atoms with E-state index in [-0.39, 0.29) is 0 Å². The zero-order chi connectivity index (χ0) is 12.8. The average molecular weight is 246 g/mol. The minimum Gasteiger partial charge on any atom is -0.383 e. The number of aryl methyl sites for hydroxylation is 1. The molecule has 0 spiro atoms. The highest BCUT2D eigenvalue weighted by atomic mass is 16.5. The average Bonchev–Trinajstić information content (AvgIpc) is 2.84. The van der Waals surface area contributed by atoms with Crippen LogP contribution in [0.5, 0.6) is 0 Å². The van der Waals surface area contributed by atoms with Crippen molar-refractivity contribution in [2.75, 3.05) is 20.3 Å². The summed E-state index contributed by atoms with van der Waals surface area (Å²) >= 11 is 0. The zero-order valence-electron chi connectivity index (χ0n) is 10.8. The molecular weight excluding hydrogens is 228 g/mol. The summed E-state index contributed by atoms with van der Waals surface area (Å²) in [7, 11) is 1.69. The van der Waals surface area contributed by atoms with Crippen LogP contribution in [0.25, 0.3) is 5.69 Å². The highest BCUT2D eigenvalue weighted by molar-refractivity contribution is 5.33. The van der Waals surface area contributed by atoms with Gasteiger partial charge in [0.2, 0.25) is 0 Å². The number of nitrogens with zero attached hydrogens (tertiary/aromatic N) is 3. The first-order valence-corrected chi connectivity index (χ1v) is 5.97. The lowest BCUT2D eigenvalue weighted by Crippen LogP contribution is -2.18. The lowest BCUT2D eigenvalue weighted by Gasteiger charge is -2.00. The maximum atomic E-state index is 4.96. The molecule has 0 aliphatic carbocycles. The number of nitrogens with one attached hydrogen (secondary N) is 1. The van der Waals surface area contributed by atoms with Crippen molar-refractivity contribution < 1.29 is 4.74 Å². The second kappa shape index (κ2) is 6.28. The van der Waals surface area contributed by atoms with Gasteiger partial charge < -0.3 is 10.1 Å². The molecule has 1 N–H and O–H groups in total. The fraction of sp³-hybridized carbons (Fsp3) is 0.385. The predicted molar refractivity (Wildman–Crippen MR) is 69.7 cm³/mol. The molecule has 1 aromatic carbocycles. The molecule has 0 atom stereocenters. The Kier molecular flexibility index (Phi) is 4.44. The molecule has 0 radical (unpaired) electrons. The molecule has 18 heavy (non-hydrogen) atoms. The molecule has 1 aromatic heterocycles. The van der Waals surface area contributed by atoms with Gasteiger partial charge in [-0.3, -0.25) is 0 Å². The second-order valence-electron chi connectivity index (χ2n) is 4.16. The van der Waals surface area contributed by atoms with E-state index in [2.05, 4.69) is 34.7 Å². The first-order valence-electron chi connectivity index (χ1n) is 5.97. The molecule has 0 aliphatic heterocycles. The molecule has 5 nitrogen and oxygen atoms in total. The monoisotopic (exact) mass is 246 g/mol. The van der Waals surface area contributed by atoms with Crippen LogP contribution in [-0.4, -0.2) is 35.3 Å². The number of hydrogen-bond donors (Lipinski definition) is 1. The summed E-state index contributed by atoms with van der Waals surface area (Å²) in [6.45, 7) is 4.28. The third kappa shape index (κ3) is 3.38. The van der Waals surface area contributed by atoms with Gasteiger partial charge in [0.15, 0.2) is 0 Å². The first-order chi connectivity index (χ1) is 8.79. The summed E-state index contributed by atoms with van der Waals surface area (Å²) in [6, 6.07) is 8.19. The van der Waals surface area contributed by atoms with Gasteiger partial charge in [-0.15, -0.1) is 5.10 Å². The molecule has 0 saturated heterocycles. The van der Waals surface area contributed by atoms with Gasteiger partial charge in [-0.1, -0.05) is 22.9 Å². The highest BCUT2D eigenvalue weighted by Gasteiger charge is 2.02. The lowest BCUT2D eigenvalue weighted by atomic mass is 10.2. The summed E-state index contributed by atoms with van der Waals surface area (Å²) in [5, 5.41) is 11.5. The van der Waals surface area contributed by atoms with Crippen LogP contribution in [0, 0.1) is 6.92 Å². The minimum absolute atomic E-state index is 0.700. The number of rotatable bonds is 6. The van der Waals surface area contributed by atoms with E-state index in [1.165, 1.54) is 5.56 Å². The van der Waals surface area contributed by atoms with Crippen molar-refractivity contribution in [3.05, 3.63) is 41.7 Å². The summed E-state index contributed by atoms with van der Waals surface area (Å²) in [5.74, 6) is 0. The molecular formula is C13H18N4O. The Balaban J connectivity index is 1.95. The highest BCUT2D eigenvalue weighted by Crippen LogP contribution is 2.08. The predicted octanol–water partition coefficient (Wildman–Crippen LogP) is 1.31. The largest absolute Gasteiger partial charge is 0.383 e. The van der Waals surface area contributed by atoms with Gasteiger partial charge in [-0.2, -0.15) is 0 Å². The molecule has 0 saturated carbocycles. The van der Waals surface area contributed by atoms with Gasteiger partial charge >= 0.3 is 0 Å². The Morgan fingerprint density at radius 2 is 2.06 bits per heavy atom. The maximum Gasteiger partial charge on any atom is 0.0969 e. The van der Waals surface area contributed by atoms with Crippen molar-refractivity contribution in [1.29, 1.82) is 0 Å². The van der Waals surface area contributed by atoms with Crippen molar-refractivity contribution in [3.8, 4) is 5.69 Å². The smallest absolute Gasteiger partial charge is 0.0969 e. The van der Waals surface area contributed by atoms with E-state index < -0.39 is 0 Å². The fourth-order valence-corrected chi connectivity index (χ4v) is 1.59. The van der Waals surface area contributed by atoms with Crippen LogP contribution >= 0.6 is 0 Å². The van der Waals surface area contributed by atoms with Crippen LogP contribution in [0.3, 0.4) is 0 Å². The number of ether oxygens (including phenoxy) is 1. The van der Waals surface area contributed by atoms with Crippen LogP contribution in [0.1, 0.15) is 11.3 Å². The molecule has 0 amide bonds. The topological polar surface area (TPSA) is 52.0 Å². The third-order valence-corrected chi connectivity index (χ3v) is 2.63. The number of aromatic nitrogens is 3. The maximum absolute atomic E-state index is 4.96. The van der Waals surface area contributed by atoms with E-state index in [1.807, 2.05) is 18.3 Å². The fourth-order valence-electron chi connectivity index (χ4n) is 1.59. The van der Waals surface area contributed by atoms with E-state index in [9.17, 15) is 0 Å². The molecule has 0 bridgehead atoms. The third-order valence-electron chi connectivity index (χ3n) is 2.63. The SMILES string of the molecule is COCCNCc1cn(-c2ccc(C)cc2)nn1. The second-order valence-corrected chi connectivity index (χ2v) is 4.16. The Bertz CT molecular complexity index is 478. The Labute approximate surface area is 107 Å². The van der Waals surface area contributed by atoms with Crippen LogP contribution in [-0.2, 0) is 11.3 Å². The zero-order valence-corrected chi connectivity index (χ0v) is 10.8. The summed E-state index contributed by atoms with van der Waals surface area (Å²) in [4.78, 5) is 0. The van der Waals surface area contributed by atoms with E-state index in [4.69, 9.17) is 4.74 Å². The van der Waals surface area contributed by atoms with Crippen LogP contribution in [0.4, 0.5) is 0 Å². The standard InChI is InChI=1S/C13H18N4O/c1-11-3-5-13(6-4-11)17-10-12(15-16-17)9-14-7-8-18-2/h3-6,10,14H,7-9H2,1-2H3. The summed E-state index contributed by atoms with van der Waals surface area (Å²) < 4.78 is 6.75. The molecule has 2 aromatic rings. The minimum atomic E-state index is 0.700.